The van der Waals surface area contributed by atoms with Crippen LogP contribution in [0.3, 0.4) is 0 Å². The van der Waals surface area contributed by atoms with Gasteiger partial charge in [0.05, 0.1) is 13.2 Å². The van der Waals surface area contributed by atoms with Crippen molar-refractivity contribution in [3.05, 3.63) is 12.7 Å². The molecule has 5 unspecified atom stereocenters. The number of carbonyl (C=O) groups excluding carboxylic acids is 1. The Morgan fingerprint density at radius 3 is 2.42 bits per heavy atom. The molecule has 15 nitrogen and oxygen atoms in total. The third kappa shape index (κ3) is 6.13. The van der Waals surface area contributed by atoms with Gasteiger partial charge in [-0.1, -0.05) is 6.08 Å². The van der Waals surface area contributed by atoms with E-state index in [0.717, 1.165) is 6.92 Å². The van der Waals surface area contributed by atoms with Gasteiger partial charge in [-0.25, -0.2) is 9.59 Å². The number of aliphatic carboxylic acids is 1. The minimum atomic E-state index is -2.14. The third-order valence-corrected chi connectivity index (χ3v) is 6.08. The maximum atomic E-state index is 12.1. The summed E-state index contributed by atoms with van der Waals surface area (Å²) in [7, 11) is 0. The number of fused-ring (bicyclic) bond motifs is 1. The van der Waals surface area contributed by atoms with Gasteiger partial charge in [-0.3, -0.25) is 0 Å². The number of nitrogens with one attached hydrogen (secondary N) is 1. The fourth-order valence-corrected chi connectivity index (χ4v) is 4.02. The van der Waals surface area contributed by atoms with Crippen molar-refractivity contribution in [2.24, 2.45) is 0 Å². The third-order valence-electron chi connectivity index (χ3n) is 6.08. The van der Waals surface area contributed by atoms with E-state index in [1.54, 1.807) is 6.08 Å². The first kappa shape index (κ1) is 28.6. The zero-order valence-electron chi connectivity index (χ0n) is 19.5. The molecule has 0 radical (unpaired) electrons. The van der Waals surface area contributed by atoms with Crippen molar-refractivity contribution < 1.29 is 68.6 Å². The van der Waals surface area contributed by atoms with Crippen molar-refractivity contribution in [2.45, 2.75) is 87.0 Å². The summed E-state index contributed by atoms with van der Waals surface area (Å²) in [6.45, 7) is 3.78. The van der Waals surface area contributed by atoms with Gasteiger partial charge < -0.3 is 64.4 Å². The predicted octanol–water partition coefficient (Wildman–Crippen LogP) is -2.83. The van der Waals surface area contributed by atoms with Crippen molar-refractivity contribution in [3.8, 4) is 0 Å². The standard InChI is InChI=1S/C21H33NO14/c1-3-4-5-6-31-20(30)22-7-9-15(34-17-13(26)12(25)11(24)10(8-23)33-17)14(27)16-18(32-9)36-21(2,35-16)19(28)29/h3,9-18,23-27H,1,4-8H2,2H3,(H,22,30)(H,28,29)/t9-,10?,11-,12-,13?,14?,15+,16?,17-,18+,21?/m0/s1. The Balaban J connectivity index is 1.74. The zero-order chi connectivity index (χ0) is 26.6. The van der Waals surface area contributed by atoms with E-state index in [-0.39, 0.29) is 13.2 Å². The monoisotopic (exact) mass is 523 g/mol. The van der Waals surface area contributed by atoms with Crippen LogP contribution in [0.15, 0.2) is 12.7 Å². The number of rotatable bonds is 10. The van der Waals surface area contributed by atoms with Gasteiger partial charge in [0.2, 0.25) is 0 Å². The summed E-state index contributed by atoms with van der Waals surface area (Å²) in [5, 5.41) is 62.6. The normalized spacial score (nSPS) is 42.4. The van der Waals surface area contributed by atoms with E-state index >= 15 is 0 Å². The number of hydrogen-bond donors (Lipinski definition) is 7. The molecule has 3 rings (SSSR count). The largest absolute Gasteiger partial charge is 0.477 e. The van der Waals surface area contributed by atoms with E-state index in [2.05, 4.69) is 11.9 Å². The van der Waals surface area contributed by atoms with Crippen LogP contribution in [0.4, 0.5) is 4.79 Å². The number of carbonyl (C=O) groups is 2. The first-order valence-corrected chi connectivity index (χ1v) is 11.4. The molecule has 0 aromatic heterocycles. The molecule has 0 bridgehead atoms. The van der Waals surface area contributed by atoms with E-state index in [1.807, 2.05) is 0 Å². The minimum Gasteiger partial charge on any atom is -0.477 e. The average Bonchev–Trinajstić information content (AvgIpc) is 3.20. The van der Waals surface area contributed by atoms with E-state index in [4.69, 9.17) is 28.4 Å². The molecule has 0 spiro atoms. The Morgan fingerprint density at radius 1 is 1.06 bits per heavy atom. The minimum absolute atomic E-state index is 0.120. The lowest BCUT2D eigenvalue weighted by Gasteiger charge is -2.45. The number of alkyl carbamates (subject to hydrolysis) is 1. The number of aliphatic hydroxyl groups is 5. The lowest BCUT2D eigenvalue weighted by Crippen LogP contribution is -2.64. The number of unbranched alkanes of at least 4 members (excludes halogenated alkanes) is 1. The topological polar surface area (TPSA) is 223 Å². The summed E-state index contributed by atoms with van der Waals surface area (Å²) >= 11 is 0. The predicted molar refractivity (Wildman–Crippen MR) is 114 cm³/mol. The van der Waals surface area contributed by atoms with Crippen molar-refractivity contribution in [3.63, 3.8) is 0 Å². The maximum Gasteiger partial charge on any atom is 0.407 e. The summed E-state index contributed by atoms with van der Waals surface area (Å²) < 4.78 is 32.5. The number of aliphatic hydroxyl groups excluding tert-OH is 5. The van der Waals surface area contributed by atoms with Crippen LogP contribution in [0.1, 0.15) is 19.8 Å². The van der Waals surface area contributed by atoms with Crippen LogP contribution >= 0.6 is 0 Å². The second-order valence-electron chi connectivity index (χ2n) is 8.73. The quantitative estimate of drug-likeness (QED) is 0.113. The van der Waals surface area contributed by atoms with Crippen molar-refractivity contribution in [2.75, 3.05) is 19.8 Å². The van der Waals surface area contributed by atoms with Gasteiger partial charge in [0.15, 0.2) is 12.6 Å². The number of allylic oxidation sites excluding steroid dienone is 1. The molecule has 3 heterocycles. The van der Waals surface area contributed by atoms with Crippen molar-refractivity contribution in [1.29, 1.82) is 0 Å². The molecule has 36 heavy (non-hydrogen) atoms. The highest BCUT2D eigenvalue weighted by Gasteiger charge is 2.60. The van der Waals surface area contributed by atoms with E-state index in [0.29, 0.717) is 12.8 Å². The number of amides is 1. The second-order valence-corrected chi connectivity index (χ2v) is 8.73. The fourth-order valence-electron chi connectivity index (χ4n) is 4.02. The SMILES string of the molecule is C=CCCCOC(=O)NC[C@@H]1O[C@@H]2OC(C)(C(=O)O)OC2C(O)[C@@H]1O[C@@H]1OC(CO)[C@H](O)[C@H](O)C1O. The van der Waals surface area contributed by atoms with E-state index in [1.165, 1.54) is 0 Å². The molecule has 3 fully saturated rings. The molecule has 1 amide bonds. The molecule has 3 aliphatic rings. The van der Waals surface area contributed by atoms with Crippen LogP contribution in [-0.4, -0.2) is 130 Å². The Labute approximate surface area is 206 Å². The van der Waals surface area contributed by atoms with Crippen LogP contribution in [-0.2, 0) is 33.2 Å². The number of carboxylic acid groups (broad SMARTS) is 1. The summed E-state index contributed by atoms with van der Waals surface area (Å²) in [5.74, 6) is -3.62. The molecule has 0 aromatic rings. The van der Waals surface area contributed by atoms with Crippen LogP contribution in [0.2, 0.25) is 0 Å². The van der Waals surface area contributed by atoms with Crippen LogP contribution in [0, 0.1) is 0 Å². The van der Waals surface area contributed by atoms with Gasteiger partial charge in [0.1, 0.15) is 48.8 Å². The lowest BCUT2D eigenvalue weighted by molar-refractivity contribution is -0.343. The Hall–Kier alpha value is -1.92. The average molecular weight is 523 g/mol. The molecule has 15 heteroatoms. The Morgan fingerprint density at radius 2 is 1.78 bits per heavy atom. The van der Waals surface area contributed by atoms with Gasteiger partial charge in [0, 0.05) is 13.5 Å². The lowest BCUT2D eigenvalue weighted by atomic mass is 9.96. The molecule has 206 valence electrons. The van der Waals surface area contributed by atoms with E-state index in [9.17, 15) is 40.2 Å². The molecule has 11 atom stereocenters. The first-order valence-electron chi connectivity index (χ1n) is 11.4. The summed E-state index contributed by atoms with van der Waals surface area (Å²) in [5.41, 5.74) is 0. The molecular weight excluding hydrogens is 490 g/mol. The van der Waals surface area contributed by atoms with Gasteiger partial charge in [-0.15, -0.1) is 6.58 Å². The first-order chi connectivity index (χ1) is 17.0. The summed E-state index contributed by atoms with van der Waals surface area (Å²) in [6.07, 6.45) is -13.0. The van der Waals surface area contributed by atoms with Crippen molar-refractivity contribution >= 4 is 12.1 Å². The Bertz CT molecular complexity index is 782. The molecule has 0 saturated carbocycles. The molecule has 3 aliphatic heterocycles. The summed E-state index contributed by atoms with van der Waals surface area (Å²) in [6, 6.07) is 0. The summed E-state index contributed by atoms with van der Waals surface area (Å²) in [4.78, 5) is 23.6. The Kier molecular flexibility index (Phi) is 9.62. The van der Waals surface area contributed by atoms with Crippen LogP contribution in [0.25, 0.3) is 0 Å². The zero-order valence-corrected chi connectivity index (χ0v) is 19.5. The highest BCUT2D eigenvalue weighted by Crippen LogP contribution is 2.38. The molecule has 0 aliphatic carbocycles. The molecule has 3 saturated heterocycles. The smallest absolute Gasteiger partial charge is 0.407 e. The molecule has 0 aromatic carbocycles. The maximum absolute atomic E-state index is 12.1. The number of hydrogen-bond acceptors (Lipinski definition) is 13. The van der Waals surface area contributed by atoms with Crippen LogP contribution in [0.5, 0.6) is 0 Å². The fraction of sp³-hybridized carbons (Fsp3) is 0.810. The number of ether oxygens (including phenoxy) is 6. The van der Waals surface area contributed by atoms with Gasteiger partial charge in [-0.2, -0.15) is 0 Å². The van der Waals surface area contributed by atoms with Crippen LogP contribution < -0.4 is 5.32 Å². The van der Waals surface area contributed by atoms with Gasteiger partial charge in [-0.05, 0) is 12.8 Å². The highest BCUT2D eigenvalue weighted by atomic mass is 16.8. The van der Waals surface area contributed by atoms with Crippen molar-refractivity contribution in [1.82, 2.24) is 5.32 Å². The highest BCUT2D eigenvalue weighted by molar-refractivity contribution is 5.75. The van der Waals surface area contributed by atoms with E-state index < -0.39 is 85.9 Å². The number of carboxylic acids is 1. The molecule has 7 N–H and O–H groups in total. The second kappa shape index (κ2) is 12.1. The molecular formula is C21H33NO14. The van der Waals surface area contributed by atoms with Gasteiger partial charge in [0.25, 0.3) is 5.79 Å². The van der Waals surface area contributed by atoms with Gasteiger partial charge >= 0.3 is 12.1 Å².